The number of ether oxygens (including phenoxy) is 1. The van der Waals surface area contributed by atoms with Crippen LogP contribution in [-0.4, -0.2) is 44.8 Å². The van der Waals surface area contributed by atoms with E-state index < -0.39 is 12.1 Å². The van der Waals surface area contributed by atoms with Gasteiger partial charge in [0.1, 0.15) is 12.6 Å². The molecule has 0 radical (unpaired) electrons. The third-order valence-corrected chi connectivity index (χ3v) is 4.72. The highest BCUT2D eigenvalue weighted by atomic mass is 19.4. The Hall–Kier alpha value is -3.82. The summed E-state index contributed by atoms with van der Waals surface area (Å²) in [5.74, 6) is -2.76. The Labute approximate surface area is 181 Å². The highest BCUT2D eigenvalue weighted by Crippen LogP contribution is 2.33. The van der Waals surface area contributed by atoms with E-state index in [2.05, 4.69) is 9.97 Å². The Kier molecular flexibility index (Phi) is 7.14. The van der Waals surface area contributed by atoms with Crippen LogP contribution in [0.25, 0.3) is 0 Å². The summed E-state index contributed by atoms with van der Waals surface area (Å²) in [4.78, 5) is 31.1. The van der Waals surface area contributed by atoms with Crippen LogP contribution in [-0.2, 0) is 22.6 Å². The molecule has 1 atom stereocenters. The lowest BCUT2D eigenvalue weighted by Gasteiger charge is -2.34. The van der Waals surface area contributed by atoms with Crippen LogP contribution in [0, 0.1) is 0 Å². The van der Waals surface area contributed by atoms with Crippen molar-refractivity contribution in [2.45, 2.75) is 25.2 Å². The zero-order chi connectivity index (χ0) is 23.1. The maximum atomic E-state index is 12.8. The van der Waals surface area contributed by atoms with E-state index in [9.17, 15) is 18.0 Å². The number of carbonyl (C=O) groups excluding carboxylic acids is 1. The van der Waals surface area contributed by atoms with E-state index in [0.29, 0.717) is 6.54 Å². The van der Waals surface area contributed by atoms with Crippen molar-refractivity contribution >= 4 is 12.1 Å². The number of imidazole rings is 1. The fraction of sp³-hybridized carbons (Fsp3) is 0.227. The van der Waals surface area contributed by atoms with E-state index >= 15 is 0 Å². The highest BCUT2D eigenvalue weighted by Gasteiger charge is 2.38. The van der Waals surface area contributed by atoms with Gasteiger partial charge in [-0.3, -0.25) is 4.90 Å². The summed E-state index contributed by atoms with van der Waals surface area (Å²) in [6.07, 6.45) is -2.95. The van der Waals surface area contributed by atoms with Crippen molar-refractivity contribution in [3.63, 3.8) is 0 Å². The molecule has 1 aliphatic heterocycles. The first-order valence-electron chi connectivity index (χ1n) is 9.62. The molecule has 0 saturated heterocycles. The van der Waals surface area contributed by atoms with Crippen molar-refractivity contribution in [2.75, 3.05) is 6.54 Å². The lowest BCUT2D eigenvalue weighted by molar-refractivity contribution is -0.192. The Morgan fingerprint density at radius 2 is 1.69 bits per heavy atom. The van der Waals surface area contributed by atoms with Gasteiger partial charge in [-0.1, -0.05) is 60.7 Å². The number of rotatable bonds is 3. The number of aromatic nitrogens is 2. The van der Waals surface area contributed by atoms with Crippen molar-refractivity contribution in [3.05, 3.63) is 89.5 Å². The van der Waals surface area contributed by atoms with E-state index in [1.54, 1.807) is 11.2 Å². The van der Waals surface area contributed by atoms with E-state index in [0.717, 1.165) is 28.9 Å². The predicted molar refractivity (Wildman–Crippen MR) is 108 cm³/mol. The van der Waals surface area contributed by atoms with Crippen molar-refractivity contribution in [1.82, 2.24) is 14.9 Å². The molecule has 2 N–H and O–H groups in total. The molecule has 1 amide bonds. The minimum atomic E-state index is -5.08. The molecule has 0 saturated carbocycles. The molecule has 3 aromatic rings. The SMILES string of the molecule is O=C(O)C(F)(F)F.O=C(OCc1ccccc1)N1CCc2[nH]cnc2C1c1ccccc1. The number of halogens is 3. The van der Waals surface area contributed by atoms with Gasteiger partial charge in [0.05, 0.1) is 12.0 Å². The molecule has 32 heavy (non-hydrogen) atoms. The minimum Gasteiger partial charge on any atom is -0.475 e. The standard InChI is InChI=1S/C20H19N3O2.C2HF3O2/c24-20(25-13-15-7-3-1-4-8-15)23-12-11-17-18(22-14-21-17)19(23)16-9-5-2-6-10-16;3-2(4,5)1(6)7/h1-10,14,19H,11-13H2,(H,21,22);(H,6,7). The lowest BCUT2D eigenvalue weighted by Crippen LogP contribution is -2.41. The monoisotopic (exact) mass is 447 g/mol. The molecule has 4 rings (SSSR count). The van der Waals surface area contributed by atoms with Gasteiger partial charge >= 0.3 is 18.2 Å². The third kappa shape index (κ3) is 5.65. The lowest BCUT2D eigenvalue weighted by atomic mass is 9.96. The maximum Gasteiger partial charge on any atom is 0.490 e. The summed E-state index contributed by atoms with van der Waals surface area (Å²) < 4.78 is 37.3. The van der Waals surface area contributed by atoms with E-state index in [1.165, 1.54) is 0 Å². The number of nitrogens with zero attached hydrogens (tertiary/aromatic N) is 2. The van der Waals surface area contributed by atoms with Gasteiger partial charge in [0.2, 0.25) is 0 Å². The van der Waals surface area contributed by atoms with Crippen LogP contribution < -0.4 is 0 Å². The Morgan fingerprint density at radius 1 is 1.09 bits per heavy atom. The molecule has 0 fully saturated rings. The van der Waals surface area contributed by atoms with Crippen LogP contribution in [0.5, 0.6) is 0 Å². The third-order valence-electron chi connectivity index (χ3n) is 4.72. The fourth-order valence-corrected chi connectivity index (χ4v) is 3.25. The van der Waals surface area contributed by atoms with Crippen LogP contribution in [0.2, 0.25) is 0 Å². The zero-order valence-electron chi connectivity index (χ0n) is 16.7. The van der Waals surface area contributed by atoms with Gasteiger partial charge in [-0.05, 0) is 11.1 Å². The van der Waals surface area contributed by atoms with E-state index in [-0.39, 0.29) is 18.7 Å². The van der Waals surface area contributed by atoms with Gasteiger partial charge < -0.3 is 14.8 Å². The summed E-state index contributed by atoms with van der Waals surface area (Å²) in [6, 6.07) is 19.5. The van der Waals surface area contributed by atoms with Crippen LogP contribution in [0.1, 0.15) is 28.6 Å². The summed E-state index contributed by atoms with van der Waals surface area (Å²) >= 11 is 0. The Bertz CT molecular complexity index is 1040. The second kappa shape index (κ2) is 9.99. The molecular formula is C22H20F3N3O4. The Balaban J connectivity index is 0.000000360. The normalized spacial score (nSPS) is 15.2. The minimum absolute atomic E-state index is 0.223. The number of aliphatic carboxylic acids is 1. The van der Waals surface area contributed by atoms with Crippen LogP contribution in [0.3, 0.4) is 0 Å². The maximum absolute atomic E-state index is 12.8. The van der Waals surface area contributed by atoms with Crippen molar-refractivity contribution in [1.29, 1.82) is 0 Å². The second-order valence-electron chi connectivity index (χ2n) is 6.87. The van der Waals surface area contributed by atoms with Crippen molar-refractivity contribution in [3.8, 4) is 0 Å². The number of aromatic amines is 1. The molecule has 1 unspecified atom stereocenters. The van der Waals surface area contributed by atoms with E-state index in [4.69, 9.17) is 14.6 Å². The molecule has 0 aliphatic carbocycles. The second-order valence-corrected chi connectivity index (χ2v) is 6.87. The first kappa shape index (κ1) is 22.9. The number of hydrogen-bond donors (Lipinski definition) is 2. The number of amides is 1. The number of carboxylic acids is 1. The quantitative estimate of drug-likeness (QED) is 0.623. The molecule has 10 heteroatoms. The smallest absolute Gasteiger partial charge is 0.475 e. The number of hydrogen-bond acceptors (Lipinski definition) is 4. The van der Waals surface area contributed by atoms with Gasteiger partial charge in [0.25, 0.3) is 0 Å². The fourth-order valence-electron chi connectivity index (χ4n) is 3.25. The van der Waals surface area contributed by atoms with E-state index in [1.807, 2.05) is 60.7 Å². The molecule has 1 aromatic heterocycles. The molecule has 2 aromatic carbocycles. The van der Waals surface area contributed by atoms with Gasteiger partial charge in [-0.25, -0.2) is 14.6 Å². The summed E-state index contributed by atoms with van der Waals surface area (Å²) in [7, 11) is 0. The first-order chi connectivity index (χ1) is 15.3. The number of alkyl halides is 3. The van der Waals surface area contributed by atoms with Crippen LogP contribution in [0.15, 0.2) is 67.0 Å². The van der Waals surface area contributed by atoms with Crippen molar-refractivity contribution < 1.29 is 32.6 Å². The molecule has 1 aliphatic rings. The molecule has 7 nitrogen and oxygen atoms in total. The molecule has 168 valence electrons. The summed E-state index contributed by atoms with van der Waals surface area (Å²) in [5.41, 5.74) is 3.99. The number of carboxylic acid groups (broad SMARTS) is 1. The molecule has 0 bridgehead atoms. The number of H-pyrrole nitrogens is 1. The van der Waals surface area contributed by atoms with Crippen LogP contribution >= 0.6 is 0 Å². The topological polar surface area (TPSA) is 95.5 Å². The van der Waals surface area contributed by atoms with Crippen molar-refractivity contribution in [2.24, 2.45) is 0 Å². The molecule has 0 spiro atoms. The average molecular weight is 447 g/mol. The summed E-state index contributed by atoms with van der Waals surface area (Å²) in [6.45, 7) is 0.869. The van der Waals surface area contributed by atoms with Gasteiger partial charge in [-0.15, -0.1) is 0 Å². The highest BCUT2D eigenvalue weighted by molar-refractivity contribution is 5.73. The van der Waals surface area contributed by atoms with Gasteiger partial charge in [0.15, 0.2) is 0 Å². The largest absolute Gasteiger partial charge is 0.490 e. The average Bonchev–Trinajstić information content (AvgIpc) is 3.27. The number of fused-ring (bicyclic) bond motifs is 1. The number of nitrogens with one attached hydrogen (secondary N) is 1. The number of carbonyl (C=O) groups is 2. The Morgan fingerprint density at radius 3 is 2.28 bits per heavy atom. The zero-order valence-corrected chi connectivity index (χ0v) is 16.7. The van der Waals surface area contributed by atoms with Gasteiger partial charge in [0, 0.05) is 18.7 Å². The predicted octanol–water partition coefficient (Wildman–Crippen LogP) is 4.33. The first-order valence-corrected chi connectivity index (χ1v) is 9.62. The molecule has 2 heterocycles. The molecular weight excluding hydrogens is 427 g/mol. The summed E-state index contributed by atoms with van der Waals surface area (Å²) in [5, 5.41) is 7.12. The number of benzene rings is 2. The van der Waals surface area contributed by atoms with Crippen LogP contribution in [0.4, 0.5) is 18.0 Å². The van der Waals surface area contributed by atoms with Gasteiger partial charge in [-0.2, -0.15) is 13.2 Å².